The number of rotatable bonds is 3. The highest BCUT2D eigenvalue weighted by molar-refractivity contribution is 6.35. The number of nitrogens with one attached hydrogen (secondary N) is 1. The van der Waals surface area contributed by atoms with Crippen LogP contribution in [0.1, 0.15) is 34.7 Å². The maximum absolute atomic E-state index is 12.3. The molecule has 114 valence electrons. The maximum Gasteiger partial charge on any atom is 0.254 e. The Morgan fingerprint density at radius 1 is 1.18 bits per heavy atom. The molecule has 1 fully saturated rings. The largest absolute Gasteiger partial charge is 0.349 e. The van der Waals surface area contributed by atoms with Crippen LogP contribution in [-0.4, -0.2) is 22.1 Å². The zero-order valence-corrected chi connectivity index (χ0v) is 13.7. The minimum atomic E-state index is -0.250. The fraction of sp³-hybridized carbons (Fsp3) is 0.267. The van der Waals surface area contributed by atoms with Crippen LogP contribution in [0.4, 0.5) is 0 Å². The third kappa shape index (κ3) is 3.05. The Morgan fingerprint density at radius 3 is 2.64 bits per heavy atom. The quantitative estimate of drug-likeness (QED) is 0.900. The molecule has 0 bridgehead atoms. The van der Waals surface area contributed by atoms with Crippen LogP contribution >= 0.6 is 34.8 Å². The van der Waals surface area contributed by atoms with E-state index in [1.54, 1.807) is 12.1 Å². The van der Waals surface area contributed by atoms with Gasteiger partial charge in [0.15, 0.2) is 5.15 Å². The zero-order chi connectivity index (χ0) is 15.7. The summed E-state index contributed by atoms with van der Waals surface area (Å²) >= 11 is 18.1. The number of benzene rings is 1. The van der Waals surface area contributed by atoms with Crippen LogP contribution < -0.4 is 5.32 Å². The van der Waals surface area contributed by atoms with Gasteiger partial charge in [0.25, 0.3) is 5.91 Å². The van der Waals surface area contributed by atoms with E-state index >= 15 is 0 Å². The third-order valence-corrected chi connectivity index (χ3v) is 4.71. The van der Waals surface area contributed by atoms with E-state index in [9.17, 15) is 4.79 Å². The molecule has 0 saturated heterocycles. The van der Waals surface area contributed by atoms with Crippen LogP contribution in [0.2, 0.25) is 15.2 Å². The highest BCUT2D eigenvalue weighted by Crippen LogP contribution is 2.41. The van der Waals surface area contributed by atoms with Gasteiger partial charge >= 0.3 is 0 Å². The topological polar surface area (TPSA) is 54.9 Å². The van der Waals surface area contributed by atoms with Crippen molar-refractivity contribution < 1.29 is 4.79 Å². The molecule has 1 heterocycles. The minimum Gasteiger partial charge on any atom is -0.349 e. The predicted molar refractivity (Wildman–Crippen MR) is 86.7 cm³/mol. The molecule has 0 spiro atoms. The fourth-order valence-corrected chi connectivity index (χ4v) is 3.32. The number of halogens is 3. The second-order valence-electron chi connectivity index (χ2n) is 5.17. The Labute approximate surface area is 142 Å². The van der Waals surface area contributed by atoms with Crippen molar-refractivity contribution in [1.82, 2.24) is 15.5 Å². The van der Waals surface area contributed by atoms with Crippen LogP contribution in [0, 0.1) is 0 Å². The average molecular weight is 357 g/mol. The Morgan fingerprint density at radius 2 is 2.00 bits per heavy atom. The first kappa shape index (κ1) is 15.5. The van der Waals surface area contributed by atoms with Crippen molar-refractivity contribution in [1.29, 1.82) is 0 Å². The highest BCUT2D eigenvalue weighted by Gasteiger charge is 2.35. The van der Waals surface area contributed by atoms with Crippen LogP contribution in [0.3, 0.4) is 0 Å². The minimum absolute atomic E-state index is 0.0235. The van der Waals surface area contributed by atoms with Gasteiger partial charge in [-0.05, 0) is 36.6 Å². The summed E-state index contributed by atoms with van der Waals surface area (Å²) in [6.07, 6.45) is 3.30. The number of carbonyl (C=O) groups is 1. The van der Waals surface area contributed by atoms with Crippen molar-refractivity contribution in [3.63, 3.8) is 0 Å². The summed E-state index contributed by atoms with van der Waals surface area (Å²) in [4.78, 5) is 12.3. The average Bonchev–Trinajstić information content (AvgIpc) is 2.46. The summed E-state index contributed by atoms with van der Waals surface area (Å²) in [5.74, 6) is -0.0676. The van der Waals surface area contributed by atoms with Gasteiger partial charge in [0.05, 0.1) is 11.8 Å². The molecule has 1 aliphatic rings. The van der Waals surface area contributed by atoms with E-state index in [2.05, 4.69) is 15.5 Å². The van der Waals surface area contributed by atoms with Gasteiger partial charge in [-0.2, -0.15) is 5.10 Å². The van der Waals surface area contributed by atoms with E-state index in [1.165, 1.54) is 6.20 Å². The van der Waals surface area contributed by atoms with Crippen molar-refractivity contribution in [3.05, 3.63) is 56.8 Å². The lowest BCUT2D eigenvalue weighted by molar-refractivity contribution is 0.0904. The zero-order valence-electron chi connectivity index (χ0n) is 11.4. The highest BCUT2D eigenvalue weighted by atomic mass is 35.5. The number of amides is 1. The molecule has 22 heavy (non-hydrogen) atoms. The summed E-state index contributed by atoms with van der Waals surface area (Å²) in [7, 11) is 0. The lowest BCUT2D eigenvalue weighted by Gasteiger charge is -2.38. The molecule has 1 amide bonds. The van der Waals surface area contributed by atoms with E-state index in [0.29, 0.717) is 15.6 Å². The van der Waals surface area contributed by atoms with Crippen molar-refractivity contribution in [2.75, 3.05) is 0 Å². The normalized spacial score (nSPS) is 20.3. The Balaban J connectivity index is 1.74. The van der Waals surface area contributed by atoms with Crippen molar-refractivity contribution in [2.24, 2.45) is 0 Å². The van der Waals surface area contributed by atoms with Crippen molar-refractivity contribution >= 4 is 40.7 Å². The first-order valence-corrected chi connectivity index (χ1v) is 7.92. The van der Waals surface area contributed by atoms with Gasteiger partial charge in [-0.3, -0.25) is 4.79 Å². The predicted octanol–water partition coefficient (Wildman–Crippen LogP) is 4.11. The molecule has 0 radical (unpaired) electrons. The molecule has 2 aromatic rings. The smallest absolute Gasteiger partial charge is 0.254 e. The lowest BCUT2D eigenvalue weighted by atomic mass is 9.75. The van der Waals surface area contributed by atoms with Gasteiger partial charge in [-0.25, -0.2) is 0 Å². The summed E-state index contributed by atoms with van der Waals surface area (Å²) in [6, 6.07) is 7.01. The molecule has 1 aliphatic carbocycles. The van der Waals surface area contributed by atoms with Gasteiger partial charge in [-0.15, -0.1) is 5.10 Å². The number of aromatic nitrogens is 2. The molecule has 0 aliphatic heterocycles. The summed E-state index contributed by atoms with van der Waals surface area (Å²) in [5, 5.41) is 11.6. The number of carbonyl (C=O) groups excluding carboxylic acids is 1. The van der Waals surface area contributed by atoms with Crippen LogP contribution in [0.5, 0.6) is 0 Å². The molecular weight excluding hydrogens is 345 g/mol. The number of hydrogen-bond donors (Lipinski definition) is 1. The van der Waals surface area contributed by atoms with Crippen molar-refractivity contribution in [3.8, 4) is 0 Å². The number of nitrogens with zero attached hydrogens (tertiary/aromatic N) is 2. The van der Waals surface area contributed by atoms with Gasteiger partial charge in [-0.1, -0.05) is 40.9 Å². The first-order valence-electron chi connectivity index (χ1n) is 6.79. The Hall–Kier alpha value is -1.36. The maximum atomic E-state index is 12.3. The van der Waals surface area contributed by atoms with E-state index < -0.39 is 0 Å². The Bertz CT molecular complexity index is 723. The molecule has 7 heteroatoms. The molecule has 1 aromatic carbocycles. The lowest BCUT2D eigenvalue weighted by Crippen LogP contribution is -2.45. The molecule has 1 N–H and O–H groups in total. The fourth-order valence-electron chi connectivity index (χ4n) is 2.58. The second kappa shape index (κ2) is 6.41. The molecule has 1 aromatic heterocycles. The standard InChI is InChI=1S/C15H12Cl3N3O/c16-8-1-2-9(12(17)7-8)10-3-4-13(10)20-15(22)11-5-6-19-21-14(11)18/h1-2,5-7,10,13H,3-4H2,(H,20,22). The van der Waals surface area contributed by atoms with Crippen LogP contribution in [0.25, 0.3) is 0 Å². The molecule has 2 atom stereocenters. The summed E-state index contributed by atoms with van der Waals surface area (Å²) in [6.45, 7) is 0. The molecule has 4 nitrogen and oxygen atoms in total. The van der Waals surface area contributed by atoms with E-state index in [-0.39, 0.29) is 23.0 Å². The van der Waals surface area contributed by atoms with Gasteiger partial charge in [0.2, 0.25) is 0 Å². The monoisotopic (exact) mass is 355 g/mol. The SMILES string of the molecule is O=C(NC1CCC1c1ccc(Cl)cc1Cl)c1ccnnc1Cl. The van der Waals surface area contributed by atoms with Crippen LogP contribution in [0.15, 0.2) is 30.5 Å². The van der Waals surface area contributed by atoms with Gasteiger partial charge in [0, 0.05) is 22.0 Å². The van der Waals surface area contributed by atoms with Crippen LogP contribution in [-0.2, 0) is 0 Å². The molecular formula is C15H12Cl3N3O. The Kier molecular flexibility index (Phi) is 4.52. The summed E-state index contributed by atoms with van der Waals surface area (Å²) < 4.78 is 0. The van der Waals surface area contributed by atoms with E-state index in [1.807, 2.05) is 12.1 Å². The van der Waals surface area contributed by atoms with Crippen molar-refractivity contribution in [2.45, 2.75) is 24.8 Å². The molecule has 2 unspecified atom stereocenters. The summed E-state index contributed by atoms with van der Waals surface area (Å²) in [5.41, 5.74) is 1.33. The molecule has 3 rings (SSSR count). The number of hydrogen-bond acceptors (Lipinski definition) is 3. The third-order valence-electron chi connectivity index (χ3n) is 3.87. The first-order chi connectivity index (χ1) is 10.6. The van der Waals surface area contributed by atoms with Gasteiger partial charge in [0.1, 0.15) is 0 Å². The van der Waals surface area contributed by atoms with E-state index in [0.717, 1.165) is 18.4 Å². The molecule has 1 saturated carbocycles. The van der Waals surface area contributed by atoms with Gasteiger partial charge < -0.3 is 5.32 Å². The second-order valence-corrected chi connectivity index (χ2v) is 6.37. The van der Waals surface area contributed by atoms with E-state index in [4.69, 9.17) is 34.8 Å².